The van der Waals surface area contributed by atoms with Gasteiger partial charge in [0.15, 0.2) is 0 Å². The number of ether oxygens (including phenoxy) is 1. The minimum absolute atomic E-state index is 0.0980. The minimum Gasteiger partial charge on any atom is -0.485 e. The van der Waals surface area contributed by atoms with E-state index in [2.05, 4.69) is 5.32 Å². The van der Waals surface area contributed by atoms with E-state index in [4.69, 9.17) is 9.84 Å². The molecule has 3 aromatic rings. The lowest BCUT2D eigenvalue weighted by molar-refractivity contribution is -0.139. The molecule has 2 N–H and O–H groups in total. The zero-order valence-electron chi connectivity index (χ0n) is 20.9. The number of carboxylic acid groups (broad SMARTS) is 1. The lowest BCUT2D eigenvalue weighted by atomic mass is 9.94. The molecule has 0 spiro atoms. The number of carboxylic acids is 1. The Kier molecular flexibility index (Phi) is 9.31. The molecular weight excluding hydrogens is 548 g/mol. The van der Waals surface area contributed by atoms with Crippen molar-refractivity contribution in [3.8, 4) is 16.9 Å². The Balaban J connectivity index is 1.84. The topological polar surface area (TPSA) is 75.6 Å². The first-order chi connectivity index (χ1) is 18.1. The molecule has 210 valence electrons. The number of carbonyl (C=O) groups is 2. The molecule has 5 nitrogen and oxygen atoms in total. The molecular formula is C27H25F6NO4S. The average Bonchev–Trinajstić information content (AvgIpc) is 3.30. The third-order valence-corrected chi connectivity index (χ3v) is 6.94. The summed E-state index contributed by atoms with van der Waals surface area (Å²) in [6, 6.07) is 10.8. The SMILES string of the molecule is Cc1cc(OC(CCC(F)(F)F)c2ccc(C(=O)NCCC(=O)O)s2)cc(C)c1-c1ccc(C(F)(F)F)cc1. The van der Waals surface area contributed by atoms with Crippen molar-refractivity contribution in [3.63, 3.8) is 0 Å². The Morgan fingerprint density at radius 2 is 1.59 bits per heavy atom. The molecule has 0 aliphatic carbocycles. The van der Waals surface area contributed by atoms with Crippen molar-refractivity contribution in [2.45, 2.75) is 51.6 Å². The van der Waals surface area contributed by atoms with Crippen LogP contribution < -0.4 is 10.1 Å². The predicted octanol–water partition coefficient (Wildman–Crippen LogP) is 7.72. The molecule has 0 radical (unpaired) electrons. The molecule has 2 aromatic carbocycles. The quantitative estimate of drug-likeness (QED) is 0.244. The van der Waals surface area contributed by atoms with Crippen LogP contribution in [0.4, 0.5) is 26.3 Å². The average molecular weight is 574 g/mol. The second kappa shape index (κ2) is 12.1. The molecule has 3 rings (SSSR count). The fraction of sp³-hybridized carbons (Fsp3) is 0.333. The van der Waals surface area contributed by atoms with E-state index in [-0.39, 0.29) is 23.6 Å². The van der Waals surface area contributed by atoms with E-state index < -0.39 is 48.7 Å². The van der Waals surface area contributed by atoms with Gasteiger partial charge in [-0.15, -0.1) is 11.3 Å². The Morgan fingerprint density at radius 1 is 0.974 bits per heavy atom. The zero-order chi connectivity index (χ0) is 29.0. The van der Waals surface area contributed by atoms with Crippen molar-refractivity contribution in [3.05, 3.63) is 75.0 Å². The van der Waals surface area contributed by atoms with E-state index in [0.717, 1.165) is 23.5 Å². The molecule has 1 amide bonds. The van der Waals surface area contributed by atoms with Crippen LogP contribution >= 0.6 is 11.3 Å². The van der Waals surface area contributed by atoms with Gasteiger partial charge in [0.2, 0.25) is 0 Å². The van der Waals surface area contributed by atoms with Crippen molar-refractivity contribution in [2.24, 2.45) is 0 Å². The fourth-order valence-corrected chi connectivity index (χ4v) is 5.00. The van der Waals surface area contributed by atoms with Gasteiger partial charge < -0.3 is 15.2 Å². The molecule has 0 saturated carbocycles. The summed E-state index contributed by atoms with van der Waals surface area (Å²) >= 11 is 0.946. The van der Waals surface area contributed by atoms with E-state index in [1.807, 2.05) is 0 Å². The highest BCUT2D eigenvalue weighted by atomic mass is 32.1. The molecule has 1 unspecified atom stereocenters. The van der Waals surface area contributed by atoms with Crippen molar-refractivity contribution in [1.82, 2.24) is 5.32 Å². The zero-order valence-corrected chi connectivity index (χ0v) is 21.7. The maximum atomic E-state index is 13.0. The van der Waals surface area contributed by atoms with Gasteiger partial charge in [-0.3, -0.25) is 9.59 Å². The van der Waals surface area contributed by atoms with Gasteiger partial charge in [-0.05, 0) is 78.9 Å². The van der Waals surface area contributed by atoms with Gasteiger partial charge in [-0.25, -0.2) is 0 Å². The third kappa shape index (κ3) is 8.47. The lowest BCUT2D eigenvalue weighted by Crippen LogP contribution is -2.25. The summed E-state index contributed by atoms with van der Waals surface area (Å²) in [5, 5.41) is 11.1. The number of alkyl halides is 6. The summed E-state index contributed by atoms with van der Waals surface area (Å²) in [5.74, 6) is -1.36. The molecule has 0 saturated heterocycles. The number of hydrogen-bond acceptors (Lipinski definition) is 4. The Hall–Kier alpha value is -3.54. The molecule has 39 heavy (non-hydrogen) atoms. The Labute approximate surface area is 224 Å². The fourth-order valence-electron chi connectivity index (χ4n) is 4.01. The highest BCUT2D eigenvalue weighted by Crippen LogP contribution is 2.38. The minimum atomic E-state index is -4.47. The van der Waals surface area contributed by atoms with Gasteiger partial charge >= 0.3 is 18.3 Å². The summed E-state index contributed by atoms with van der Waals surface area (Å²) in [4.78, 5) is 23.5. The van der Waals surface area contributed by atoms with Crippen molar-refractivity contribution in [2.75, 3.05) is 6.54 Å². The van der Waals surface area contributed by atoms with E-state index >= 15 is 0 Å². The van der Waals surface area contributed by atoms with Crippen LogP contribution in [0.3, 0.4) is 0 Å². The lowest BCUT2D eigenvalue weighted by Gasteiger charge is -2.21. The highest BCUT2D eigenvalue weighted by Gasteiger charge is 2.31. The predicted molar refractivity (Wildman–Crippen MR) is 134 cm³/mol. The Bertz CT molecular complexity index is 1290. The standard InChI is InChI=1S/C27H25F6NO4S/c1-15-13-19(14-16(2)24(15)17-3-5-18(6-4-17)27(31,32)33)38-20(9-11-26(28,29)30)21-7-8-22(39-21)25(37)34-12-10-23(35)36/h3-8,13-14,20H,9-12H2,1-2H3,(H,34,37)(H,35,36). The summed E-state index contributed by atoms with van der Waals surface area (Å²) in [6.07, 6.45) is -11.8. The number of hydrogen-bond donors (Lipinski definition) is 2. The van der Waals surface area contributed by atoms with Crippen molar-refractivity contribution >= 4 is 23.2 Å². The third-order valence-electron chi connectivity index (χ3n) is 5.77. The Morgan fingerprint density at radius 3 is 2.13 bits per heavy atom. The second-order valence-corrected chi connectivity index (χ2v) is 9.98. The van der Waals surface area contributed by atoms with Crippen LogP contribution in [0.1, 0.15) is 56.6 Å². The first-order valence-electron chi connectivity index (χ1n) is 11.8. The number of aryl methyl sites for hydroxylation is 2. The largest absolute Gasteiger partial charge is 0.485 e. The van der Waals surface area contributed by atoms with E-state index in [1.165, 1.54) is 24.3 Å². The number of amides is 1. The summed E-state index contributed by atoms with van der Waals surface area (Å²) in [6.45, 7) is 3.35. The van der Waals surface area contributed by atoms with Crippen LogP contribution in [-0.4, -0.2) is 29.7 Å². The van der Waals surface area contributed by atoms with Crippen molar-refractivity contribution < 1.29 is 45.8 Å². The highest BCUT2D eigenvalue weighted by molar-refractivity contribution is 7.14. The van der Waals surface area contributed by atoms with Crippen LogP contribution in [0.25, 0.3) is 11.1 Å². The van der Waals surface area contributed by atoms with Crippen LogP contribution in [0.2, 0.25) is 0 Å². The van der Waals surface area contributed by atoms with Crippen LogP contribution in [0.15, 0.2) is 48.5 Å². The molecule has 0 aliphatic heterocycles. The van der Waals surface area contributed by atoms with Crippen LogP contribution in [0, 0.1) is 13.8 Å². The van der Waals surface area contributed by atoms with Crippen molar-refractivity contribution in [1.29, 1.82) is 0 Å². The molecule has 1 heterocycles. The van der Waals surface area contributed by atoms with Gasteiger partial charge in [0.05, 0.1) is 16.9 Å². The number of halogens is 6. The number of aliphatic carboxylic acids is 1. The number of thiophene rings is 1. The van der Waals surface area contributed by atoms with Crippen LogP contribution in [0.5, 0.6) is 5.75 Å². The van der Waals surface area contributed by atoms with Gasteiger partial charge in [0.25, 0.3) is 5.91 Å². The van der Waals surface area contributed by atoms with Crippen LogP contribution in [-0.2, 0) is 11.0 Å². The van der Waals surface area contributed by atoms with Gasteiger partial charge in [-0.1, -0.05) is 12.1 Å². The molecule has 0 fully saturated rings. The monoisotopic (exact) mass is 573 g/mol. The van der Waals surface area contributed by atoms with E-state index in [0.29, 0.717) is 27.1 Å². The first kappa shape index (κ1) is 30.0. The van der Waals surface area contributed by atoms with E-state index in [1.54, 1.807) is 26.0 Å². The molecule has 1 aromatic heterocycles. The van der Waals surface area contributed by atoms with Gasteiger partial charge in [0.1, 0.15) is 11.9 Å². The number of nitrogens with one attached hydrogen (secondary N) is 1. The number of benzene rings is 2. The van der Waals surface area contributed by atoms with Gasteiger partial charge in [0, 0.05) is 17.8 Å². The maximum absolute atomic E-state index is 13.0. The maximum Gasteiger partial charge on any atom is 0.416 e. The summed E-state index contributed by atoms with van der Waals surface area (Å²) in [7, 11) is 0. The van der Waals surface area contributed by atoms with E-state index in [9.17, 15) is 35.9 Å². The molecule has 1 atom stereocenters. The summed E-state index contributed by atoms with van der Waals surface area (Å²) in [5.41, 5.74) is 1.77. The second-order valence-electron chi connectivity index (χ2n) is 8.87. The number of carbonyl (C=O) groups excluding carboxylic acids is 1. The molecule has 0 bridgehead atoms. The van der Waals surface area contributed by atoms with Gasteiger partial charge in [-0.2, -0.15) is 26.3 Å². The summed E-state index contributed by atoms with van der Waals surface area (Å²) < 4.78 is 83.9. The number of rotatable bonds is 10. The molecule has 0 aliphatic rings. The molecule has 12 heteroatoms. The first-order valence-corrected chi connectivity index (χ1v) is 12.6. The smallest absolute Gasteiger partial charge is 0.416 e. The normalized spacial score (nSPS) is 12.7.